The van der Waals surface area contributed by atoms with Gasteiger partial charge in [0.2, 0.25) is 0 Å². The standard InChI is InChI=1S/C18H15F3N2/c1-2-12-4-3-5-14(10-12)23-16-8-9-22-17-11-13(18(19,20)21)6-7-15(16)17/h3-11H,2H2,1H3,(H,22,23). The van der Waals surface area contributed by atoms with E-state index in [1.54, 1.807) is 6.07 Å². The number of nitrogens with zero attached hydrogens (tertiary/aromatic N) is 1. The van der Waals surface area contributed by atoms with Crippen LogP contribution in [0.4, 0.5) is 24.5 Å². The fraction of sp³-hybridized carbons (Fsp3) is 0.167. The Kier molecular flexibility index (Phi) is 3.94. The monoisotopic (exact) mass is 316 g/mol. The summed E-state index contributed by atoms with van der Waals surface area (Å²) in [7, 11) is 0. The van der Waals surface area contributed by atoms with Gasteiger partial charge in [-0.05, 0) is 42.3 Å². The second kappa shape index (κ2) is 5.91. The first-order valence-corrected chi connectivity index (χ1v) is 7.29. The number of benzene rings is 2. The largest absolute Gasteiger partial charge is 0.416 e. The Hall–Kier alpha value is -2.56. The molecule has 2 nitrogen and oxygen atoms in total. The molecule has 0 aliphatic carbocycles. The van der Waals surface area contributed by atoms with E-state index in [2.05, 4.69) is 17.2 Å². The lowest BCUT2D eigenvalue weighted by molar-refractivity contribution is -0.137. The summed E-state index contributed by atoms with van der Waals surface area (Å²) in [6.07, 6.45) is -1.94. The number of rotatable bonds is 3. The van der Waals surface area contributed by atoms with E-state index in [-0.39, 0.29) is 0 Å². The van der Waals surface area contributed by atoms with Gasteiger partial charge in [-0.2, -0.15) is 13.2 Å². The number of hydrogen-bond acceptors (Lipinski definition) is 2. The van der Waals surface area contributed by atoms with E-state index in [4.69, 9.17) is 0 Å². The van der Waals surface area contributed by atoms with Crippen molar-refractivity contribution in [1.29, 1.82) is 0 Å². The summed E-state index contributed by atoms with van der Waals surface area (Å²) in [5, 5.41) is 3.91. The number of nitrogens with one attached hydrogen (secondary N) is 1. The number of aryl methyl sites for hydroxylation is 1. The average molecular weight is 316 g/mol. The summed E-state index contributed by atoms with van der Waals surface area (Å²) >= 11 is 0. The fourth-order valence-electron chi connectivity index (χ4n) is 2.46. The zero-order valence-electron chi connectivity index (χ0n) is 12.5. The summed E-state index contributed by atoms with van der Waals surface area (Å²) < 4.78 is 38.4. The Morgan fingerprint density at radius 1 is 1.04 bits per heavy atom. The Balaban J connectivity index is 2.01. The van der Waals surface area contributed by atoms with Gasteiger partial charge in [0.05, 0.1) is 11.1 Å². The zero-order chi connectivity index (χ0) is 16.4. The molecule has 23 heavy (non-hydrogen) atoms. The maximum absolute atomic E-state index is 12.8. The highest BCUT2D eigenvalue weighted by Crippen LogP contribution is 2.33. The van der Waals surface area contributed by atoms with E-state index in [9.17, 15) is 13.2 Å². The van der Waals surface area contributed by atoms with Crippen LogP contribution in [0.25, 0.3) is 10.9 Å². The third-order valence-electron chi connectivity index (χ3n) is 3.68. The summed E-state index contributed by atoms with van der Waals surface area (Å²) in [6, 6.07) is 13.3. The van der Waals surface area contributed by atoms with Crippen LogP contribution in [0, 0.1) is 0 Å². The summed E-state index contributed by atoms with van der Waals surface area (Å²) in [6.45, 7) is 2.07. The molecule has 0 aliphatic rings. The van der Waals surface area contributed by atoms with Crippen molar-refractivity contribution in [3.8, 4) is 0 Å². The minimum Gasteiger partial charge on any atom is -0.355 e. The van der Waals surface area contributed by atoms with E-state index in [0.29, 0.717) is 10.9 Å². The lowest BCUT2D eigenvalue weighted by Gasteiger charge is -2.12. The molecule has 0 spiro atoms. The first-order valence-electron chi connectivity index (χ1n) is 7.29. The Morgan fingerprint density at radius 3 is 2.61 bits per heavy atom. The summed E-state index contributed by atoms with van der Waals surface area (Å²) in [5.74, 6) is 0. The normalized spacial score (nSPS) is 11.7. The molecule has 0 saturated carbocycles. The van der Waals surface area contributed by atoms with Crippen molar-refractivity contribution in [3.63, 3.8) is 0 Å². The molecule has 0 unspecified atom stereocenters. The van der Waals surface area contributed by atoms with Crippen molar-refractivity contribution in [2.24, 2.45) is 0 Å². The van der Waals surface area contributed by atoms with E-state index >= 15 is 0 Å². The van der Waals surface area contributed by atoms with E-state index in [0.717, 1.165) is 29.9 Å². The number of anilines is 2. The van der Waals surface area contributed by atoms with Gasteiger partial charge in [0.1, 0.15) is 0 Å². The van der Waals surface area contributed by atoms with E-state index < -0.39 is 11.7 Å². The maximum Gasteiger partial charge on any atom is 0.416 e. The van der Waals surface area contributed by atoms with Gasteiger partial charge in [-0.1, -0.05) is 25.1 Å². The molecule has 1 heterocycles. The first kappa shape index (κ1) is 15.3. The van der Waals surface area contributed by atoms with Gasteiger partial charge in [-0.25, -0.2) is 0 Å². The fourth-order valence-corrected chi connectivity index (χ4v) is 2.46. The molecule has 0 aliphatic heterocycles. The quantitative estimate of drug-likeness (QED) is 0.684. The average Bonchev–Trinajstić information content (AvgIpc) is 2.54. The summed E-state index contributed by atoms with van der Waals surface area (Å²) in [4.78, 5) is 4.05. The van der Waals surface area contributed by atoms with Crippen LogP contribution < -0.4 is 5.32 Å². The molecule has 2 aromatic carbocycles. The van der Waals surface area contributed by atoms with Crippen LogP contribution in [0.5, 0.6) is 0 Å². The molecule has 3 aromatic rings. The van der Waals surface area contributed by atoms with Gasteiger partial charge in [0, 0.05) is 23.0 Å². The highest BCUT2D eigenvalue weighted by Gasteiger charge is 2.30. The second-order valence-corrected chi connectivity index (χ2v) is 5.27. The first-order chi connectivity index (χ1) is 11.0. The Labute approximate surface area is 132 Å². The van der Waals surface area contributed by atoms with Crippen LogP contribution in [-0.2, 0) is 12.6 Å². The number of alkyl halides is 3. The lowest BCUT2D eigenvalue weighted by atomic mass is 10.1. The second-order valence-electron chi connectivity index (χ2n) is 5.27. The van der Waals surface area contributed by atoms with Gasteiger partial charge in [0.25, 0.3) is 0 Å². The van der Waals surface area contributed by atoms with Crippen molar-refractivity contribution in [1.82, 2.24) is 4.98 Å². The Morgan fingerprint density at radius 2 is 1.87 bits per heavy atom. The summed E-state index contributed by atoms with van der Waals surface area (Å²) in [5.41, 5.74) is 2.44. The van der Waals surface area contributed by atoms with Crippen molar-refractivity contribution < 1.29 is 13.2 Å². The van der Waals surface area contributed by atoms with Crippen LogP contribution in [-0.4, -0.2) is 4.98 Å². The van der Waals surface area contributed by atoms with Crippen LogP contribution in [0.3, 0.4) is 0 Å². The molecular formula is C18H15F3N2. The predicted octanol–water partition coefficient (Wildman–Crippen LogP) is 5.56. The SMILES string of the molecule is CCc1cccc(Nc2ccnc3cc(C(F)(F)F)ccc23)c1. The topological polar surface area (TPSA) is 24.9 Å². The minimum atomic E-state index is -4.37. The third kappa shape index (κ3) is 3.28. The highest BCUT2D eigenvalue weighted by atomic mass is 19.4. The molecule has 0 bridgehead atoms. The Bertz CT molecular complexity index is 841. The van der Waals surface area contributed by atoms with Crippen molar-refractivity contribution in [2.45, 2.75) is 19.5 Å². The van der Waals surface area contributed by atoms with Crippen LogP contribution >= 0.6 is 0 Å². The number of fused-ring (bicyclic) bond motifs is 1. The molecule has 0 fully saturated rings. The molecule has 1 aromatic heterocycles. The molecule has 118 valence electrons. The van der Waals surface area contributed by atoms with Crippen LogP contribution in [0.15, 0.2) is 54.7 Å². The van der Waals surface area contributed by atoms with Crippen molar-refractivity contribution in [3.05, 3.63) is 65.9 Å². The number of hydrogen-bond donors (Lipinski definition) is 1. The zero-order valence-corrected chi connectivity index (χ0v) is 12.5. The van der Waals surface area contributed by atoms with Gasteiger partial charge >= 0.3 is 6.18 Å². The van der Waals surface area contributed by atoms with Gasteiger partial charge in [-0.15, -0.1) is 0 Å². The van der Waals surface area contributed by atoms with Crippen LogP contribution in [0.2, 0.25) is 0 Å². The van der Waals surface area contributed by atoms with Crippen molar-refractivity contribution in [2.75, 3.05) is 5.32 Å². The minimum absolute atomic E-state index is 0.316. The smallest absolute Gasteiger partial charge is 0.355 e. The van der Waals surface area contributed by atoms with Gasteiger partial charge in [0.15, 0.2) is 0 Å². The van der Waals surface area contributed by atoms with E-state index in [1.807, 2.05) is 24.3 Å². The molecule has 0 atom stereocenters. The molecule has 3 rings (SSSR count). The third-order valence-corrected chi connectivity index (χ3v) is 3.68. The number of aromatic nitrogens is 1. The number of halogens is 3. The molecule has 1 N–H and O–H groups in total. The molecular weight excluding hydrogens is 301 g/mol. The molecule has 5 heteroatoms. The lowest BCUT2D eigenvalue weighted by Crippen LogP contribution is -2.04. The van der Waals surface area contributed by atoms with Gasteiger partial charge < -0.3 is 5.32 Å². The predicted molar refractivity (Wildman–Crippen MR) is 85.8 cm³/mol. The molecule has 0 amide bonds. The van der Waals surface area contributed by atoms with E-state index in [1.165, 1.54) is 17.8 Å². The molecule has 0 radical (unpaired) electrons. The maximum atomic E-state index is 12.8. The van der Waals surface area contributed by atoms with Crippen LogP contribution in [0.1, 0.15) is 18.1 Å². The highest BCUT2D eigenvalue weighted by molar-refractivity contribution is 5.93. The van der Waals surface area contributed by atoms with Crippen molar-refractivity contribution >= 4 is 22.3 Å². The van der Waals surface area contributed by atoms with Gasteiger partial charge in [-0.3, -0.25) is 4.98 Å². The number of pyridine rings is 1. The molecule has 0 saturated heterocycles.